The fourth-order valence-electron chi connectivity index (χ4n) is 1.25. The first-order valence-corrected chi connectivity index (χ1v) is 9.41. The van der Waals surface area contributed by atoms with E-state index in [-0.39, 0.29) is 94.7 Å². The van der Waals surface area contributed by atoms with Crippen molar-refractivity contribution >= 4 is 26.7 Å². The minimum atomic E-state index is -2.39. The summed E-state index contributed by atoms with van der Waals surface area (Å²) in [4.78, 5) is 26.7. The first kappa shape index (κ1) is 48.0. The summed E-state index contributed by atoms with van der Waals surface area (Å²) in [6.07, 6.45) is 1.79. The molecule has 0 saturated carbocycles. The predicted molar refractivity (Wildman–Crippen MR) is 89.9 cm³/mol. The van der Waals surface area contributed by atoms with Crippen LogP contribution in [0.2, 0.25) is 6.04 Å². The Bertz CT molecular complexity index is 331. The molecule has 15 heteroatoms. The molecule has 0 spiro atoms. The number of carbonyl (C=O) groups excluding carboxylic acids is 3. The molecule has 0 aliphatic rings. The Hall–Kier alpha value is 1.43. The second kappa shape index (κ2) is 34.0. The SMILES string of the molecule is CC(=O)[O-].CC(=O)[O-].CC(=O)[O-].CO[Si](CCCC(N)CN)(OC)OC.[Na+].[Na+].[Na+]. The van der Waals surface area contributed by atoms with Gasteiger partial charge in [-0.25, -0.2) is 0 Å². The summed E-state index contributed by atoms with van der Waals surface area (Å²) in [5.41, 5.74) is 11.1. The molecule has 0 aliphatic heterocycles. The Morgan fingerprint density at radius 3 is 1.24 bits per heavy atom. The van der Waals surface area contributed by atoms with E-state index in [0.717, 1.165) is 39.7 Å². The second-order valence-electron chi connectivity index (χ2n) is 4.66. The molecule has 0 aromatic carbocycles. The Balaban J connectivity index is -0.0000000540. The summed E-state index contributed by atoms with van der Waals surface area (Å²) >= 11 is 0. The first-order valence-electron chi connectivity index (χ1n) is 7.47. The van der Waals surface area contributed by atoms with Gasteiger partial charge >= 0.3 is 97.5 Å². The molecule has 0 aromatic heterocycles. The molecule has 0 rings (SSSR count). The van der Waals surface area contributed by atoms with Crippen molar-refractivity contribution in [2.45, 2.75) is 45.7 Å². The third-order valence-electron chi connectivity index (χ3n) is 2.29. The maximum absolute atomic E-state index is 8.89. The van der Waals surface area contributed by atoms with Crippen LogP contribution in [-0.2, 0) is 27.7 Å². The molecule has 0 heterocycles. The standard InChI is InChI=1S/C8H22N2O3Si.3C2H4O2.3Na/c1-11-14(12-2,13-3)6-4-5-8(10)7-9;3*1-2(3)4;;;/h8H,4-7,9-10H2,1-3H3;3*1H3,(H,3,4);;;/q;;;;3*+1/p-3. The van der Waals surface area contributed by atoms with Crippen LogP contribution in [0.4, 0.5) is 0 Å². The number of aliphatic carboxylic acids is 3. The van der Waals surface area contributed by atoms with Crippen molar-refractivity contribution in [3.63, 3.8) is 0 Å². The largest absolute Gasteiger partial charge is 1.00 e. The number of rotatable bonds is 8. The summed E-state index contributed by atoms with van der Waals surface area (Å²) in [6, 6.07) is 0.844. The number of carboxylic acid groups (broad SMARTS) is 3. The van der Waals surface area contributed by atoms with E-state index in [1.54, 1.807) is 21.3 Å². The Morgan fingerprint density at radius 2 is 1.07 bits per heavy atom. The normalized spacial score (nSPS) is 9.52. The van der Waals surface area contributed by atoms with Crippen LogP contribution in [0, 0.1) is 0 Å². The molecule has 158 valence electrons. The smallest absolute Gasteiger partial charge is 0.550 e. The van der Waals surface area contributed by atoms with Crippen molar-refractivity contribution in [1.82, 2.24) is 0 Å². The Kier molecular flexibility index (Phi) is 56.4. The van der Waals surface area contributed by atoms with Gasteiger partial charge in [0.1, 0.15) is 0 Å². The fourth-order valence-corrected chi connectivity index (χ4v) is 3.00. The third kappa shape index (κ3) is 58.7. The third-order valence-corrected chi connectivity index (χ3v) is 5.13. The number of carbonyl (C=O) groups is 3. The maximum atomic E-state index is 8.89. The number of carboxylic acids is 3. The van der Waals surface area contributed by atoms with E-state index in [9.17, 15) is 0 Å². The molecule has 29 heavy (non-hydrogen) atoms. The van der Waals surface area contributed by atoms with Gasteiger partial charge in [-0.1, -0.05) is 0 Å². The van der Waals surface area contributed by atoms with Crippen molar-refractivity contribution in [3.8, 4) is 0 Å². The summed E-state index contributed by atoms with van der Waals surface area (Å²) in [7, 11) is 2.45. The molecule has 0 fully saturated rings. The van der Waals surface area contributed by atoms with Crippen LogP contribution in [-0.4, -0.2) is 60.6 Å². The topological polar surface area (TPSA) is 200 Å². The minimum absolute atomic E-state index is 0. The zero-order chi connectivity index (χ0) is 21.8. The van der Waals surface area contributed by atoms with E-state index in [2.05, 4.69) is 0 Å². The van der Waals surface area contributed by atoms with Gasteiger partial charge in [0.25, 0.3) is 0 Å². The number of hydrogen-bond acceptors (Lipinski definition) is 11. The van der Waals surface area contributed by atoms with Crippen LogP contribution in [0.1, 0.15) is 33.6 Å². The molecular weight excluding hydrogens is 437 g/mol. The van der Waals surface area contributed by atoms with Crippen molar-refractivity contribution in [1.29, 1.82) is 0 Å². The van der Waals surface area contributed by atoms with Gasteiger partial charge in [-0.05, 0) is 33.6 Å². The molecule has 4 N–H and O–H groups in total. The van der Waals surface area contributed by atoms with Gasteiger partial charge in [0.05, 0.1) is 0 Å². The molecule has 0 saturated heterocycles. The van der Waals surface area contributed by atoms with E-state index < -0.39 is 26.7 Å². The van der Waals surface area contributed by atoms with Gasteiger partial charge in [0.2, 0.25) is 0 Å². The number of nitrogens with two attached hydrogens (primary N) is 2. The molecule has 0 aromatic rings. The Labute approximate surface area is 240 Å². The average Bonchev–Trinajstić information content (AvgIpc) is 2.50. The molecule has 0 radical (unpaired) electrons. The van der Waals surface area contributed by atoms with Crippen LogP contribution in [0.5, 0.6) is 0 Å². The summed E-state index contributed by atoms with van der Waals surface area (Å²) in [6.45, 7) is 3.43. The van der Waals surface area contributed by atoms with Crippen molar-refractivity contribution in [2.75, 3.05) is 27.9 Å². The van der Waals surface area contributed by atoms with Crippen LogP contribution < -0.4 is 115 Å². The molecule has 11 nitrogen and oxygen atoms in total. The van der Waals surface area contributed by atoms with Crippen molar-refractivity contribution in [3.05, 3.63) is 0 Å². The predicted octanol–water partition coefficient (Wildman–Crippen LogP) is -12.8. The molecule has 0 bridgehead atoms. The van der Waals surface area contributed by atoms with E-state index >= 15 is 0 Å². The van der Waals surface area contributed by atoms with Crippen LogP contribution in [0.15, 0.2) is 0 Å². The summed E-state index contributed by atoms with van der Waals surface area (Å²) < 4.78 is 15.8. The first-order chi connectivity index (χ1) is 11.8. The van der Waals surface area contributed by atoms with Gasteiger partial charge in [-0.3, -0.25) is 0 Å². The Morgan fingerprint density at radius 1 is 0.828 bits per heavy atom. The fraction of sp³-hybridized carbons (Fsp3) is 0.786. The zero-order valence-corrected chi connectivity index (χ0v) is 26.2. The minimum Gasteiger partial charge on any atom is -0.550 e. The van der Waals surface area contributed by atoms with Gasteiger partial charge in [0, 0.05) is 57.9 Å². The molecule has 0 aliphatic carbocycles. The van der Waals surface area contributed by atoms with E-state index in [0.29, 0.717) is 6.54 Å². The summed E-state index contributed by atoms with van der Waals surface area (Å²) in [5, 5.41) is 26.7. The van der Waals surface area contributed by atoms with Crippen LogP contribution in [0.25, 0.3) is 0 Å². The second-order valence-corrected chi connectivity index (χ2v) is 7.75. The van der Waals surface area contributed by atoms with Gasteiger partial charge in [-0.2, -0.15) is 0 Å². The van der Waals surface area contributed by atoms with Crippen LogP contribution in [0.3, 0.4) is 0 Å². The average molecular weight is 468 g/mol. The zero-order valence-electron chi connectivity index (χ0n) is 19.2. The van der Waals surface area contributed by atoms with E-state index in [1.165, 1.54) is 0 Å². The van der Waals surface area contributed by atoms with E-state index in [1.807, 2.05) is 0 Å². The summed E-state index contributed by atoms with van der Waals surface area (Å²) in [5.74, 6) is -3.25. The van der Waals surface area contributed by atoms with Gasteiger partial charge in [0.15, 0.2) is 0 Å². The quantitative estimate of drug-likeness (QED) is 0.320. The molecule has 1 unspecified atom stereocenters. The molecule has 1 atom stereocenters. The van der Waals surface area contributed by atoms with Gasteiger partial charge in [-0.15, -0.1) is 0 Å². The van der Waals surface area contributed by atoms with Gasteiger partial charge < -0.3 is 54.4 Å². The van der Waals surface area contributed by atoms with Crippen molar-refractivity contribution in [2.24, 2.45) is 11.5 Å². The van der Waals surface area contributed by atoms with Crippen molar-refractivity contribution < 1.29 is 132 Å². The van der Waals surface area contributed by atoms with E-state index in [4.69, 9.17) is 54.4 Å². The molecule has 0 amide bonds. The maximum Gasteiger partial charge on any atom is 1.00 e. The molecular formula is C14H31N2Na3O9Si. The van der Waals surface area contributed by atoms with Crippen LogP contribution >= 0.6 is 0 Å². The number of hydrogen-bond donors (Lipinski definition) is 2. The monoisotopic (exact) mass is 468 g/mol.